The molecule has 0 unspecified atom stereocenters. The number of hydrogen-bond donors (Lipinski definition) is 2. The summed E-state index contributed by atoms with van der Waals surface area (Å²) in [5.74, 6) is 0. The van der Waals surface area contributed by atoms with Crippen LogP contribution in [0.15, 0.2) is 30.3 Å². The van der Waals surface area contributed by atoms with Gasteiger partial charge in [-0.2, -0.15) is 17.4 Å². The van der Waals surface area contributed by atoms with Gasteiger partial charge in [-0.1, -0.05) is 43.2 Å². The van der Waals surface area contributed by atoms with Crippen LogP contribution >= 0.6 is 0 Å². The van der Waals surface area contributed by atoms with Crippen LogP contribution in [0.25, 0.3) is 0 Å². The summed E-state index contributed by atoms with van der Waals surface area (Å²) in [5.41, 5.74) is 1.01. The Balaban J connectivity index is 1.99. The van der Waals surface area contributed by atoms with Crippen LogP contribution in [0.3, 0.4) is 0 Å². The molecule has 2 N–H and O–H groups in total. The minimum atomic E-state index is -3.51. The monoisotopic (exact) mass is 312 g/mol. The normalized spacial score (nSPS) is 19.1. The molecule has 2 rings (SSSR count). The predicted molar refractivity (Wildman–Crippen MR) is 83.1 cm³/mol. The Morgan fingerprint density at radius 3 is 2.29 bits per heavy atom. The summed E-state index contributed by atoms with van der Waals surface area (Å²) in [6.07, 6.45) is 4.47. The van der Waals surface area contributed by atoms with Gasteiger partial charge in [-0.15, -0.1) is 0 Å². The van der Waals surface area contributed by atoms with E-state index in [0.29, 0.717) is 19.5 Å². The van der Waals surface area contributed by atoms with E-state index in [4.69, 9.17) is 0 Å². The van der Waals surface area contributed by atoms with Gasteiger partial charge in [0.1, 0.15) is 0 Å². The first-order valence-electron chi connectivity index (χ1n) is 7.54. The first-order valence-corrected chi connectivity index (χ1v) is 8.98. The molecule has 0 amide bonds. The average Bonchev–Trinajstić information content (AvgIpc) is 2.77. The average molecular weight is 312 g/mol. The topological polar surface area (TPSA) is 69.6 Å². The lowest BCUT2D eigenvalue weighted by Crippen LogP contribution is -2.47. The molecular weight excluding hydrogens is 288 g/mol. The lowest BCUT2D eigenvalue weighted by molar-refractivity contribution is 0.253. The third-order valence-electron chi connectivity index (χ3n) is 3.77. The minimum absolute atomic E-state index is 0.206. The molecule has 0 aromatic heterocycles. The second kappa shape index (κ2) is 7.89. The summed E-state index contributed by atoms with van der Waals surface area (Å²) in [6, 6.07) is 9.12. The summed E-state index contributed by atoms with van der Waals surface area (Å²) < 4.78 is 28.9. The van der Waals surface area contributed by atoms with Crippen molar-refractivity contribution in [2.75, 3.05) is 19.7 Å². The van der Waals surface area contributed by atoms with Crippen molar-refractivity contribution >= 4 is 10.2 Å². The summed E-state index contributed by atoms with van der Waals surface area (Å²) in [7, 11) is -3.51. The van der Waals surface area contributed by atoms with Gasteiger partial charge >= 0.3 is 0 Å². The van der Waals surface area contributed by atoms with E-state index >= 15 is 0 Å². The van der Waals surface area contributed by atoms with E-state index in [2.05, 4.69) is 4.72 Å². The molecule has 118 valence electrons. The summed E-state index contributed by atoms with van der Waals surface area (Å²) in [4.78, 5) is 0. The van der Waals surface area contributed by atoms with Crippen molar-refractivity contribution in [1.29, 1.82) is 0 Å². The van der Waals surface area contributed by atoms with E-state index in [0.717, 1.165) is 31.2 Å². The van der Waals surface area contributed by atoms with E-state index < -0.39 is 16.3 Å². The highest BCUT2D eigenvalue weighted by atomic mass is 32.2. The molecule has 0 aliphatic carbocycles. The van der Waals surface area contributed by atoms with Gasteiger partial charge in [0.05, 0.1) is 12.6 Å². The molecule has 0 saturated carbocycles. The number of aliphatic hydroxyl groups excluding tert-OH is 1. The van der Waals surface area contributed by atoms with Gasteiger partial charge in [0.2, 0.25) is 0 Å². The Morgan fingerprint density at radius 2 is 1.71 bits per heavy atom. The maximum absolute atomic E-state index is 12.4. The van der Waals surface area contributed by atoms with Gasteiger partial charge in [-0.05, 0) is 24.8 Å². The maximum atomic E-state index is 12.4. The number of benzene rings is 1. The van der Waals surface area contributed by atoms with Crippen molar-refractivity contribution in [3.63, 3.8) is 0 Å². The molecule has 1 aliphatic rings. The van der Waals surface area contributed by atoms with Gasteiger partial charge in [-0.25, -0.2) is 0 Å². The van der Waals surface area contributed by atoms with E-state index in [1.54, 1.807) is 0 Å². The number of rotatable bonds is 6. The van der Waals surface area contributed by atoms with Crippen LogP contribution in [0.5, 0.6) is 0 Å². The zero-order valence-corrected chi connectivity index (χ0v) is 13.1. The zero-order valence-electron chi connectivity index (χ0n) is 12.2. The Labute approximate surface area is 127 Å². The molecule has 1 aromatic carbocycles. The van der Waals surface area contributed by atoms with Crippen LogP contribution in [0.4, 0.5) is 0 Å². The van der Waals surface area contributed by atoms with E-state index in [1.807, 2.05) is 30.3 Å². The third kappa shape index (κ3) is 5.07. The number of hydrogen-bond acceptors (Lipinski definition) is 3. The highest BCUT2D eigenvalue weighted by molar-refractivity contribution is 7.87. The van der Waals surface area contributed by atoms with Crippen LogP contribution < -0.4 is 4.72 Å². The molecule has 21 heavy (non-hydrogen) atoms. The standard InChI is InChI=1S/C15H24N2O3S/c18-13-15(12-14-8-4-3-5-9-14)16-21(19,20)17-10-6-1-2-7-11-17/h3-5,8-9,15-16,18H,1-2,6-7,10-13H2/t15-/m0/s1. The highest BCUT2D eigenvalue weighted by Gasteiger charge is 2.25. The van der Waals surface area contributed by atoms with Crippen LogP contribution in [0, 0.1) is 0 Å². The fourth-order valence-corrected chi connectivity index (χ4v) is 4.08. The Bertz CT molecular complexity index is 511. The quantitative estimate of drug-likeness (QED) is 0.832. The molecule has 5 nitrogen and oxygen atoms in total. The van der Waals surface area contributed by atoms with Crippen molar-refractivity contribution in [3.8, 4) is 0 Å². The fourth-order valence-electron chi connectivity index (χ4n) is 2.61. The van der Waals surface area contributed by atoms with Crippen LogP contribution in [0.2, 0.25) is 0 Å². The Morgan fingerprint density at radius 1 is 1.10 bits per heavy atom. The van der Waals surface area contributed by atoms with Crippen LogP contribution in [0.1, 0.15) is 31.2 Å². The lowest BCUT2D eigenvalue weighted by Gasteiger charge is -2.24. The molecule has 1 atom stereocenters. The molecule has 1 heterocycles. The molecule has 1 saturated heterocycles. The first-order chi connectivity index (χ1) is 10.1. The molecule has 0 spiro atoms. The first kappa shape index (κ1) is 16.4. The zero-order chi connectivity index (χ0) is 15.1. The largest absolute Gasteiger partial charge is 0.395 e. The molecule has 1 aromatic rings. The Hall–Kier alpha value is -0.950. The fraction of sp³-hybridized carbons (Fsp3) is 0.600. The number of aliphatic hydroxyl groups is 1. The highest BCUT2D eigenvalue weighted by Crippen LogP contribution is 2.13. The van der Waals surface area contributed by atoms with Gasteiger partial charge in [0.15, 0.2) is 0 Å². The molecule has 1 fully saturated rings. The van der Waals surface area contributed by atoms with Gasteiger partial charge in [-0.3, -0.25) is 0 Å². The van der Waals surface area contributed by atoms with Crippen molar-refractivity contribution in [2.45, 2.75) is 38.1 Å². The maximum Gasteiger partial charge on any atom is 0.279 e. The van der Waals surface area contributed by atoms with Crippen LogP contribution in [-0.2, 0) is 16.6 Å². The summed E-state index contributed by atoms with van der Waals surface area (Å²) >= 11 is 0. The van der Waals surface area contributed by atoms with Crippen LogP contribution in [-0.4, -0.2) is 43.6 Å². The number of nitrogens with one attached hydrogen (secondary N) is 1. The SMILES string of the molecule is O=S(=O)(N[C@H](CO)Cc1ccccc1)N1CCCCCC1. The number of nitrogens with zero attached hydrogens (tertiary/aromatic N) is 1. The van der Waals surface area contributed by atoms with Crippen molar-refractivity contribution < 1.29 is 13.5 Å². The van der Waals surface area contributed by atoms with E-state index in [-0.39, 0.29) is 6.61 Å². The summed E-state index contributed by atoms with van der Waals surface area (Å²) in [6.45, 7) is 0.930. The molecule has 6 heteroatoms. The third-order valence-corrected chi connectivity index (χ3v) is 5.44. The van der Waals surface area contributed by atoms with Crippen molar-refractivity contribution in [3.05, 3.63) is 35.9 Å². The molecule has 0 bridgehead atoms. The molecule has 1 aliphatic heterocycles. The van der Waals surface area contributed by atoms with Gasteiger partial charge < -0.3 is 5.11 Å². The van der Waals surface area contributed by atoms with Gasteiger partial charge in [0, 0.05) is 13.1 Å². The molecular formula is C15H24N2O3S. The van der Waals surface area contributed by atoms with Crippen molar-refractivity contribution in [1.82, 2.24) is 9.03 Å². The smallest absolute Gasteiger partial charge is 0.279 e. The minimum Gasteiger partial charge on any atom is -0.395 e. The predicted octanol–water partition coefficient (Wildman–Crippen LogP) is 1.30. The van der Waals surface area contributed by atoms with Crippen molar-refractivity contribution in [2.24, 2.45) is 0 Å². The lowest BCUT2D eigenvalue weighted by atomic mass is 10.1. The van der Waals surface area contributed by atoms with E-state index in [1.165, 1.54) is 4.31 Å². The van der Waals surface area contributed by atoms with E-state index in [9.17, 15) is 13.5 Å². The Kier molecular flexibility index (Phi) is 6.17. The van der Waals surface area contributed by atoms with Gasteiger partial charge in [0.25, 0.3) is 10.2 Å². The second-order valence-corrected chi connectivity index (χ2v) is 7.21. The summed E-state index contributed by atoms with van der Waals surface area (Å²) in [5, 5.41) is 9.46. The second-order valence-electron chi connectivity index (χ2n) is 5.51. The molecule has 0 radical (unpaired) electrons.